The van der Waals surface area contributed by atoms with Crippen LogP contribution in [0.1, 0.15) is 31.1 Å². The van der Waals surface area contributed by atoms with Gasteiger partial charge in [-0.05, 0) is 49.6 Å². The van der Waals surface area contributed by atoms with Crippen molar-refractivity contribution in [2.75, 3.05) is 27.5 Å². The molecule has 0 unspecified atom stereocenters. The van der Waals surface area contributed by atoms with Gasteiger partial charge in [-0.1, -0.05) is 41.9 Å². The maximum Gasteiger partial charge on any atom is 0.227 e. The van der Waals surface area contributed by atoms with E-state index in [-0.39, 0.29) is 12.1 Å². The molecule has 31 heavy (non-hydrogen) atoms. The molecule has 1 aromatic heterocycles. The number of halogens is 1. The lowest BCUT2D eigenvalue weighted by Gasteiger charge is -2.23. The van der Waals surface area contributed by atoms with Crippen molar-refractivity contribution >= 4 is 40.6 Å². The molecule has 8 heteroatoms. The van der Waals surface area contributed by atoms with Crippen molar-refractivity contribution in [3.8, 4) is 0 Å². The number of fused-ring (bicyclic) bond motifs is 2. The molecule has 2 aliphatic rings. The Hall–Kier alpha value is -3.03. The summed E-state index contributed by atoms with van der Waals surface area (Å²) in [4.78, 5) is 11.7. The molecule has 0 saturated carbocycles. The van der Waals surface area contributed by atoms with Crippen molar-refractivity contribution in [2.24, 2.45) is 0 Å². The van der Waals surface area contributed by atoms with Crippen molar-refractivity contribution < 1.29 is 5.11 Å². The average molecular weight is 437 g/mol. The standard InChI is InChI=1S/C23H25ClN6O/c1-13(2)30-12-25-19-21(26-16-8-5-7-15(24)11-16)28-23(29-22(19)30)27-18-10-14-6-3-4-9-17(14)20(18)31/h3-9,11,13,18,20,25,31H,10,12H2,1-2H3,(H2,26,27,28,29)/t18-,20+/m1/s1. The molecule has 0 spiro atoms. The largest absolute Gasteiger partial charge is 0.386 e. The predicted octanol–water partition coefficient (Wildman–Crippen LogP) is 4.54. The molecule has 2 heterocycles. The van der Waals surface area contributed by atoms with E-state index in [1.807, 2.05) is 42.5 Å². The van der Waals surface area contributed by atoms with Crippen molar-refractivity contribution in [1.82, 2.24) is 9.97 Å². The Labute approximate surface area is 186 Å². The maximum absolute atomic E-state index is 10.8. The number of hydrogen-bond donors (Lipinski definition) is 4. The molecule has 2 atom stereocenters. The summed E-state index contributed by atoms with van der Waals surface area (Å²) in [6.45, 7) is 4.92. The molecular formula is C23H25ClN6O. The van der Waals surface area contributed by atoms with E-state index < -0.39 is 6.10 Å². The molecule has 4 N–H and O–H groups in total. The third-order valence-electron chi connectivity index (χ3n) is 5.81. The Morgan fingerprint density at radius 3 is 2.77 bits per heavy atom. The van der Waals surface area contributed by atoms with Crippen LogP contribution < -0.4 is 20.9 Å². The van der Waals surface area contributed by atoms with E-state index in [0.717, 1.165) is 34.7 Å². The second kappa shape index (κ2) is 7.90. The van der Waals surface area contributed by atoms with Gasteiger partial charge in [0.05, 0.1) is 18.8 Å². The van der Waals surface area contributed by atoms with E-state index in [9.17, 15) is 5.11 Å². The normalized spacial score (nSPS) is 19.2. The van der Waals surface area contributed by atoms with Gasteiger partial charge in [0.2, 0.25) is 5.95 Å². The first kappa shape index (κ1) is 19.9. The first-order chi connectivity index (χ1) is 15.0. The van der Waals surface area contributed by atoms with E-state index in [2.05, 4.69) is 40.8 Å². The number of aliphatic hydroxyl groups is 1. The number of rotatable bonds is 5. The highest BCUT2D eigenvalue weighted by molar-refractivity contribution is 6.30. The van der Waals surface area contributed by atoms with Gasteiger partial charge in [0.1, 0.15) is 5.69 Å². The monoisotopic (exact) mass is 436 g/mol. The van der Waals surface area contributed by atoms with Gasteiger partial charge in [-0.2, -0.15) is 9.97 Å². The van der Waals surface area contributed by atoms with Crippen molar-refractivity contribution in [3.63, 3.8) is 0 Å². The van der Waals surface area contributed by atoms with Crippen LogP contribution in [0.25, 0.3) is 0 Å². The number of aliphatic hydroxyl groups excluding tert-OH is 1. The molecule has 0 bridgehead atoms. The zero-order valence-corrected chi connectivity index (χ0v) is 18.2. The Balaban J connectivity index is 1.49. The highest BCUT2D eigenvalue weighted by Gasteiger charge is 2.33. The average Bonchev–Trinajstić information content (AvgIpc) is 3.30. The van der Waals surface area contributed by atoms with E-state index in [1.54, 1.807) is 0 Å². The van der Waals surface area contributed by atoms with Crippen LogP contribution in [0.2, 0.25) is 5.02 Å². The molecule has 0 saturated heterocycles. The summed E-state index contributed by atoms with van der Waals surface area (Å²) in [6.07, 6.45) is 0.123. The van der Waals surface area contributed by atoms with Crippen LogP contribution in [0.4, 0.5) is 29.0 Å². The second-order valence-corrected chi connectivity index (χ2v) is 8.66. The molecule has 160 valence electrons. The minimum atomic E-state index is -0.600. The minimum absolute atomic E-state index is 0.184. The van der Waals surface area contributed by atoms with Gasteiger partial charge in [-0.3, -0.25) is 0 Å². The van der Waals surface area contributed by atoms with Gasteiger partial charge < -0.3 is 26.0 Å². The third-order valence-corrected chi connectivity index (χ3v) is 6.04. The van der Waals surface area contributed by atoms with Crippen LogP contribution in [-0.4, -0.2) is 33.8 Å². The number of nitrogens with zero attached hydrogens (tertiary/aromatic N) is 3. The molecule has 2 aromatic carbocycles. The molecule has 0 fully saturated rings. The van der Waals surface area contributed by atoms with Crippen molar-refractivity contribution in [2.45, 2.75) is 38.5 Å². The Kier molecular flexibility index (Phi) is 5.08. The minimum Gasteiger partial charge on any atom is -0.386 e. The smallest absolute Gasteiger partial charge is 0.227 e. The molecule has 7 nitrogen and oxygen atoms in total. The quantitative estimate of drug-likeness (QED) is 0.467. The molecule has 0 amide bonds. The summed E-state index contributed by atoms with van der Waals surface area (Å²) >= 11 is 6.16. The Morgan fingerprint density at radius 1 is 1.16 bits per heavy atom. The topological polar surface area (TPSA) is 85.3 Å². The summed E-state index contributed by atoms with van der Waals surface area (Å²) in [6, 6.07) is 15.6. The van der Waals surface area contributed by atoms with Crippen LogP contribution >= 0.6 is 11.6 Å². The van der Waals surface area contributed by atoms with Crippen molar-refractivity contribution in [3.05, 3.63) is 64.7 Å². The van der Waals surface area contributed by atoms with E-state index in [0.29, 0.717) is 23.5 Å². The molecule has 1 aliphatic heterocycles. The maximum atomic E-state index is 10.8. The summed E-state index contributed by atoms with van der Waals surface area (Å²) in [5, 5.41) is 21.6. The summed E-state index contributed by atoms with van der Waals surface area (Å²) < 4.78 is 0. The fourth-order valence-electron chi connectivity index (χ4n) is 4.21. The van der Waals surface area contributed by atoms with Crippen LogP contribution in [0.5, 0.6) is 0 Å². The van der Waals surface area contributed by atoms with Gasteiger partial charge in [0, 0.05) is 16.8 Å². The lowest BCUT2D eigenvalue weighted by atomic mass is 10.1. The van der Waals surface area contributed by atoms with Crippen molar-refractivity contribution in [1.29, 1.82) is 0 Å². The fourth-order valence-corrected chi connectivity index (χ4v) is 4.40. The Morgan fingerprint density at radius 2 is 2.00 bits per heavy atom. The lowest BCUT2D eigenvalue weighted by molar-refractivity contribution is 0.166. The summed E-state index contributed by atoms with van der Waals surface area (Å²) in [5.41, 5.74) is 3.81. The zero-order valence-electron chi connectivity index (χ0n) is 17.4. The van der Waals surface area contributed by atoms with E-state index in [1.165, 1.54) is 0 Å². The highest BCUT2D eigenvalue weighted by atomic mass is 35.5. The highest BCUT2D eigenvalue weighted by Crippen LogP contribution is 2.39. The molecular weight excluding hydrogens is 412 g/mol. The van der Waals surface area contributed by atoms with E-state index >= 15 is 0 Å². The predicted molar refractivity (Wildman–Crippen MR) is 125 cm³/mol. The first-order valence-corrected chi connectivity index (χ1v) is 10.8. The molecule has 1 aliphatic carbocycles. The number of nitrogens with one attached hydrogen (secondary N) is 3. The van der Waals surface area contributed by atoms with Gasteiger partial charge in [-0.25, -0.2) is 0 Å². The molecule has 0 radical (unpaired) electrons. The van der Waals surface area contributed by atoms with Crippen LogP contribution in [0.15, 0.2) is 48.5 Å². The zero-order chi connectivity index (χ0) is 21.5. The molecule has 3 aromatic rings. The second-order valence-electron chi connectivity index (χ2n) is 8.23. The van der Waals surface area contributed by atoms with Gasteiger partial charge in [-0.15, -0.1) is 0 Å². The van der Waals surface area contributed by atoms with Crippen LogP contribution in [0, 0.1) is 0 Å². The number of hydrogen-bond acceptors (Lipinski definition) is 7. The van der Waals surface area contributed by atoms with Gasteiger partial charge in [0.15, 0.2) is 11.6 Å². The van der Waals surface area contributed by atoms with Crippen LogP contribution in [0.3, 0.4) is 0 Å². The summed E-state index contributed by atoms with van der Waals surface area (Å²) in [7, 11) is 0. The third kappa shape index (κ3) is 3.75. The first-order valence-electron chi connectivity index (χ1n) is 10.5. The molecule has 5 rings (SSSR count). The fraction of sp³-hybridized carbons (Fsp3) is 0.304. The SMILES string of the molecule is CC(C)N1CNc2c(Nc3cccc(Cl)c3)nc(N[C@@H]3Cc4ccccc4[C@@H]3O)nc21. The van der Waals surface area contributed by atoms with Crippen LogP contribution in [-0.2, 0) is 6.42 Å². The van der Waals surface area contributed by atoms with E-state index in [4.69, 9.17) is 21.6 Å². The number of aromatic nitrogens is 2. The number of anilines is 5. The van der Waals surface area contributed by atoms with Gasteiger partial charge in [0.25, 0.3) is 0 Å². The van der Waals surface area contributed by atoms with Gasteiger partial charge >= 0.3 is 0 Å². The number of benzene rings is 2. The lowest BCUT2D eigenvalue weighted by Crippen LogP contribution is -2.31. The Bertz CT molecular complexity index is 1120. The summed E-state index contributed by atoms with van der Waals surface area (Å²) in [5.74, 6) is 1.99.